The van der Waals surface area contributed by atoms with Crippen LogP contribution in [-0.4, -0.2) is 82.7 Å². The molecule has 4 fully saturated rings. The summed E-state index contributed by atoms with van der Waals surface area (Å²) in [5.74, 6) is 0.0298. The highest BCUT2D eigenvalue weighted by Gasteiger charge is 2.60. The third kappa shape index (κ3) is 3.48. The van der Waals surface area contributed by atoms with Crippen LogP contribution in [0, 0.1) is 11.2 Å². The maximum Gasteiger partial charge on any atom is 0.319 e. The number of fused-ring (bicyclic) bond motifs is 2. The first-order chi connectivity index (χ1) is 15.8. The first-order valence-corrected chi connectivity index (χ1v) is 12.5. The van der Waals surface area contributed by atoms with Gasteiger partial charge in [0, 0.05) is 38.4 Å². The van der Waals surface area contributed by atoms with Crippen LogP contribution in [0.4, 0.5) is 10.2 Å². The highest BCUT2D eigenvalue weighted by atomic mass is 35.5. The van der Waals surface area contributed by atoms with Crippen molar-refractivity contribution in [2.45, 2.75) is 63.1 Å². The molecule has 178 valence electrons. The van der Waals surface area contributed by atoms with Crippen molar-refractivity contribution in [2.24, 2.45) is 5.41 Å². The van der Waals surface area contributed by atoms with Crippen molar-refractivity contribution in [2.75, 3.05) is 45.2 Å². The number of halogens is 2. The second-order valence-corrected chi connectivity index (χ2v) is 11.2. The standard InChI is InChI=1S/C24H32ClFN6O/c1-15-17(5-10-30(15)2)31(3)21-16-11-27-20(25)18(26)19(16)28-22(29-21)33-14-24-6-4-9-32(24)13-23(12-24)7-8-23/h11,15,17H,4-10,12-14H2,1-3H3/t15-,17-,24?/m1/s1. The maximum absolute atomic E-state index is 15.0. The molecule has 2 aromatic heterocycles. The summed E-state index contributed by atoms with van der Waals surface area (Å²) in [6.45, 7) is 6.10. The van der Waals surface area contributed by atoms with Gasteiger partial charge in [-0.25, -0.2) is 9.37 Å². The smallest absolute Gasteiger partial charge is 0.319 e. The number of pyridine rings is 1. The van der Waals surface area contributed by atoms with Gasteiger partial charge in [0.2, 0.25) is 0 Å². The average molecular weight is 475 g/mol. The van der Waals surface area contributed by atoms with Crippen molar-refractivity contribution in [3.63, 3.8) is 0 Å². The molecule has 0 aromatic carbocycles. The fraction of sp³-hybridized carbons (Fsp3) is 0.708. The highest BCUT2D eigenvalue weighted by Crippen LogP contribution is 2.60. The van der Waals surface area contributed by atoms with Gasteiger partial charge < -0.3 is 14.5 Å². The zero-order chi connectivity index (χ0) is 23.0. The maximum atomic E-state index is 15.0. The van der Waals surface area contributed by atoms with Crippen molar-refractivity contribution < 1.29 is 9.13 Å². The Kier molecular flexibility index (Phi) is 5.02. The summed E-state index contributed by atoms with van der Waals surface area (Å²) in [4.78, 5) is 20.4. The van der Waals surface area contributed by atoms with Crippen LogP contribution >= 0.6 is 11.6 Å². The van der Waals surface area contributed by atoms with Gasteiger partial charge in [-0.05, 0) is 64.5 Å². The van der Waals surface area contributed by atoms with Crippen LogP contribution in [0.1, 0.15) is 45.4 Å². The molecule has 5 heterocycles. The molecular formula is C24H32ClFN6O. The number of rotatable bonds is 5. The predicted molar refractivity (Wildman–Crippen MR) is 127 cm³/mol. The first kappa shape index (κ1) is 21.7. The molecule has 3 saturated heterocycles. The highest BCUT2D eigenvalue weighted by molar-refractivity contribution is 6.30. The monoisotopic (exact) mass is 474 g/mol. The van der Waals surface area contributed by atoms with E-state index in [0.29, 0.717) is 29.3 Å². The van der Waals surface area contributed by atoms with Gasteiger partial charge in [0.15, 0.2) is 11.0 Å². The van der Waals surface area contributed by atoms with Gasteiger partial charge in [0.25, 0.3) is 0 Å². The molecule has 0 N–H and O–H groups in total. The van der Waals surface area contributed by atoms with E-state index < -0.39 is 5.82 Å². The average Bonchev–Trinajstić information content (AvgIpc) is 3.16. The number of anilines is 1. The van der Waals surface area contributed by atoms with E-state index >= 15 is 4.39 Å². The second-order valence-electron chi connectivity index (χ2n) is 10.9. The summed E-state index contributed by atoms with van der Waals surface area (Å²) in [6, 6.07) is 0.837. The van der Waals surface area contributed by atoms with Crippen molar-refractivity contribution in [1.29, 1.82) is 0 Å². The molecule has 33 heavy (non-hydrogen) atoms. The zero-order valence-electron chi connectivity index (χ0n) is 19.7. The van der Waals surface area contributed by atoms with Gasteiger partial charge >= 0.3 is 6.01 Å². The molecule has 6 rings (SSSR count). The Morgan fingerprint density at radius 1 is 1.27 bits per heavy atom. The molecule has 0 bridgehead atoms. The van der Waals surface area contributed by atoms with Gasteiger partial charge in [-0.1, -0.05) is 11.6 Å². The SMILES string of the molecule is C[C@@H]1[C@H](N(C)c2nc(OCC34CCCN3CC3(CC3)C4)nc3c(F)c(Cl)ncc23)CCN1C. The summed E-state index contributed by atoms with van der Waals surface area (Å²) < 4.78 is 21.3. The molecule has 3 atom stereocenters. The Morgan fingerprint density at radius 3 is 2.82 bits per heavy atom. The molecule has 2 aromatic rings. The van der Waals surface area contributed by atoms with Gasteiger partial charge in [-0.2, -0.15) is 9.97 Å². The lowest BCUT2D eigenvalue weighted by Crippen LogP contribution is -2.43. The molecule has 0 radical (unpaired) electrons. The predicted octanol–water partition coefficient (Wildman–Crippen LogP) is 3.74. The molecule has 1 unspecified atom stereocenters. The Hall–Kier alpha value is -1.77. The molecule has 3 aliphatic heterocycles. The summed E-state index contributed by atoms with van der Waals surface area (Å²) >= 11 is 6.02. The number of likely N-dealkylation sites (N-methyl/N-ethyl adjacent to an activating group) is 2. The minimum atomic E-state index is -0.619. The Bertz CT molecular complexity index is 1100. The normalized spacial score (nSPS) is 30.9. The molecule has 1 spiro atoms. The molecular weight excluding hydrogens is 443 g/mol. The van der Waals surface area contributed by atoms with Crippen LogP contribution in [-0.2, 0) is 0 Å². The summed E-state index contributed by atoms with van der Waals surface area (Å²) in [5, 5.41) is 0.383. The van der Waals surface area contributed by atoms with E-state index in [-0.39, 0.29) is 28.3 Å². The van der Waals surface area contributed by atoms with E-state index in [4.69, 9.17) is 21.3 Å². The van der Waals surface area contributed by atoms with E-state index in [1.807, 2.05) is 7.05 Å². The van der Waals surface area contributed by atoms with E-state index in [2.05, 4.69) is 38.6 Å². The van der Waals surface area contributed by atoms with Gasteiger partial charge in [-0.3, -0.25) is 4.90 Å². The van der Waals surface area contributed by atoms with E-state index in [1.165, 1.54) is 32.2 Å². The minimum Gasteiger partial charge on any atom is -0.461 e. The van der Waals surface area contributed by atoms with Crippen molar-refractivity contribution in [3.8, 4) is 6.01 Å². The third-order valence-electron chi connectivity index (χ3n) is 8.86. The van der Waals surface area contributed by atoms with Crippen LogP contribution in [0.3, 0.4) is 0 Å². The number of aromatic nitrogens is 3. The van der Waals surface area contributed by atoms with Crippen molar-refractivity contribution >= 4 is 28.3 Å². The molecule has 1 aliphatic carbocycles. The van der Waals surface area contributed by atoms with Crippen LogP contribution < -0.4 is 9.64 Å². The fourth-order valence-corrected chi connectivity index (χ4v) is 6.74. The van der Waals surface area contributed by atoms with Crippen molar-refractivity contribution in [3.05, 3.63) is 17.2 Å². The topological polar surface area (TPSA) is 57.6 Å². The molecule has 9 heteroatoms. The van der Waals surface area contributed by atoms with Gasteiger partial charge in [0.1, 0.15) is 17.9 Å². The van der Waals surface area contributed by atoms with Crippen LogP contribution in [0.25, 0.3) is 10.9 Å². The minimum absolute atomic E-state index is 0.0675. The van der Waals surface area contributed by atoms with E-state index in [0.717, 1.165) is 25.9 Å². The lowest BCUT2D eigenvalue weighted by atomic mass is 9.89. The van der Waals surface area contributed by atoms with Gasteiger partial charge in [-0.15, -0.1) is 0 Å². The lowest BCUT2D eigenvalue weighted by molar-refractivity contribution is 0.107. The summed E-state index contributed by atoms with van der Waals surface area (Å²) in [7, 11) is 4.15. The Labute approximate surface area is 199 Å². The third-order valence-corrected chi connectivity index (χ3v) is 9.12. The second kappa shape index (κ2) is 7.62. The van der Waals surface area contributed by atoms with Gasteiger partial charge in [0.05, 0.1) is 10.9 Å². The molecule has 7 nitrogen and oxygen atoms in total. The lowest BCUT2D eigenvalue weighted by Gasteiger charge is -2.32. The number of likely N-dealkylation sites (tertiary alicyclic amines) is 1. The Morgan fingerprint density at radius 2 is 2.09 bits per heavy atom. The van der Waals surface area contributed by atoms with Crippen LogP contribution in [0.15, 0.2) is 6.20 Å². The first-order valence-electron chi connectivity index (χ1n) is 12.1. The zero-order valence-corrected chi connectivity index (χ0v) is 20.4. The van der Waals surface area contributed by atoms with E-state index in [9.17, 15) is 0 Å². The van der Waals surface area contributed by atoms with Crippen molar-refractivity contribution in [1.82, 2.24) is 24.8 Å². The Balaban J connectivity index is 1.34. The summed E-state index contributed by atoms with van der Waals surface area (Å²) in [5.41, 5.74) is 0.750. The number of hydrogen-bond donors (Lipinski definition) is 0. The van der Waals surface area contributed by atoms with E-state index in [1.54, 1.807) is 6.20 Å². The molecule has 0 amide bonds. The summed E-state index contributed by atoms with van der Waals surface area (Å²) in [6.07, 6.45) is 8.79. The number of ether oxygens (including phenoxy) is 1. The molecule has 1 saturated carbocycles. The fourth-order valence-electron chi connectivity index (χ4n) is 6.61. The van der Waals surface area contributed by atoms with Crippen LogP contribution in [0.5, 0.6) is 6.01 Å². The number of nitrogens with zero attached hydrogens (tertiary/aromatic N) is 6. The molecule has 4 aliphatic rings. The number of hydrogen-bond acceptors (Lipinski definition) is 7. The van der Waals surface area contributed by atoms with Crippen LogP contribution in [0.2, 0.25) is 5.15 Å². The quantitative estimate of drug-likeness (QED) is 0.612. The largest absolute Gasteiger partial charge is 0.461 e.